The number of rotatable bonds is 9. The first kappa shape index (κ1) is 34.3. The number of halogens is 6. The Morgan fingerprint density at radius 3 is 2.04 bits per heavy atom. The molecule has 3 amide bonds. The largest absolute Gasteiger partial charge is 0.479 e. The van der Waals surface area contributed by atoms with Crippen LogP contribution in [0.15, 0.2) is 66.7 Å². The number of urea groups is 1. The number of carbonyl (C=O) groups excluding carboxylic acids is 2. The molecule has 0 unspecified atom stereocenters. The number of amides is 3. The lowest BCUT2D eigenvalue weighted by molar-refractivity contribution is -0.146. The maximum Gasteiger partial charge on any atom is 0.418 e. The van der Waals surface area contributed by atoms with E-state index >= 15 is 0 Å². The molecule has 0 saturated heterocycles. The van der Waals surface area contributed by atoms with Gasteiger partial charge in [-0.05, 0) is 72.4 Å². The number of aliphatic hydroxyl groups excluding tert-OH is 1. The van der Waals surface area contributed by atoms with Crippen LogP contribution in [0, 0.1) is 0 Å². The molecule has 1 fully saturated rings. The zero-order chi connectivity index (χ0) is 33.6. The van der Waals surface area contributed by atoms with Crippen molar-refractivity contribution in [2.75, 3.05) is 16.8 Å². The van der Waals surface area contributed by atoms with Gasteiger partial charge in [0.1, 0.15) is 0 Å². The van der Waals surface area contributed by atoms with Gasteiger partial charge in [0.25, 0.3) is 5.91 Å². The number of nitrogens with zero attached hydrogens (tertiary/aromatic N) is 1. The highest BCUT2D eigenvalue weighted by Gasteiger charge is 2.38. The molecule has 14 heteroatoms. The molecule has 46 heavy (non-hydrogen) atoms. The van der Waals surface area contributed by atoms with E-state index in [1.54, 1.807) is 12.1 Å². The van der Waals surface area contributed by atoms with Crippen molar-refractivity contribution in [3.63, 3.8) is 0 Å². The van der Waals surface area contributed by atoms with Crippen LogP contribution in [0.3, 0.4) is 0 Å². The molecule has 1 atom stereocenters. The second-order valence-electron chi connectivity index (χ2n) is 11.0. The molecule has 0 aromatic heterocycles. The lowest BCUT2D eigenvalue weighted by Gasteiger charge is -2.26. The van der Waals surface area contributed by atoms with Gasteiger partial charge in [0.15, 0.2) is 6.10 Å². The molecule has 8 nitrogen and oxygen atoms in total. The molecule has 0 heterocycles. The third kappa shape index (κ3) is 8.77. The zero-order valence-electron chi connectivity index (χ0n) is 24.3. The van der Waals surface area contributed by atoms with Crippen molar-refractivity contribution >= 4 is 29.3 Å². The molecule has 3 aromatic carbocycles. The van der Waals surface area contributed by atoms with Crippen LogP contribution in [0.25, 0.3) is 0 Å². The number of benzene rings is 3. The summed E-state index contributed by atoms with van der Waals surface area (Å²) in [5.74, 6) is -1.89. The lowest BCUT2D eigenvalue weighted by atomic mass is 9.84. The van der Waals surface area contributed by atoms with E-state index in [1.807, 2.05) is 17.4 Å². The Labute approximate surface area is 260 Å². The number of alkyl halides is 6. The fourth-order valence-corrected chi connectivity index (χ4v) is 5.22. The number of hydrogen-bond acceptors (Lipinski definition) is 4. The third-order valence-corrected chi connectivity index (χ3v) is 7.72. The Balaban J connectivity index is 1.63. The Hall–Kier alpha value is -4.59. The summed E-state index contributed by atoms with van der Waals surface area (Å²) in [6, 6.07) is 12.1. The monoisotopic (exact) mass is 651 g/mol. The van der Waals surface area contributed by atoms with Gasteiger partial charge in [0.2, 0.25) is 0 Å². The Morgan fingerprint density at radius 2 is 1.48 bits per heavy atom. The molecular formula is C32H31F6N3O5. The van der Waals surface area contributed by atoms with Gasteiger partial charge in [0.05, 0.1) is 29.9 Å². The number of hydrogen-bond donors (Lipinski definition) is 4. The fraction of sp³-hybridized carbons (Fsp3) is 0.344. The number of nitrogens with one attached hydrogen (secondary N) is 2. The minimum absolute atomic E-state index is 0.0907. The van der Waals surface area contributed by atoms with Crippen LogP contribution < -0.4 is 15.5 Å². The van der Waals surface area contributed by atoms with E-state index in [4.69, 9.17) is 5.11 Å². The van der Waals surface area contributed by atoms with Gasteiger partial charge in [-0.1, -0.05) is 43.5 Å². The Morgan fingerprint density at radius 1 is 0.848 bits per heavy atom. The highest BCUT2D eigenvalue weighted by Crippen LogP contribution is 2.39. The van der Waals surface area contributed by atoms with Crippen LogP contribution in [-0.2, 0) is 23.7 Å². The summed E-state index contributed by atoms with van der Waals surface area (Å²) in [5, 5.41) is 22.4. The first-order valence-electron chi connectivity index (χ1n) is 14.4. The molecule has 4 rings (SSSR count). The van der Waals surface area contributed by atoms with Crippen molar-refractivity contribution < 1.29 is 50.9 Å². The van der Waals surface area contributed by atoms with Gasteiger partial charge in [-0.3, -0.25) is 9.69 Å². The first-order valence-corrected chi connectivity index (χ1v) is 14.4. The Bertz CT molecular complexity index is 1540. The zero-order valence-corrected chi connectivity index (χ0v) is 24.3. The summed E-state index contributed by atoms with van der Waals surface area (Å²) in [6.45, 7) is -0.787. The molecule has 246 valence electrons. The molecule has 0 radical (unpaired) electrons. The van der Waals surface area contributed by atoms with Gasteiger partial charge in [-0.15, -0.1) is 0 Å². The van der Waals surface area contributed by atoms with E-state index in [1.165, 1.54) is 24.3 Å². The van der Waals surface area contributed by atoms with Crippen LogP contribution in [0.2, 0.25) is 0 Å². The van der Waals surface area contributed by atoms with Crippen LogP contribution in [0.1, 0.15) is 70.6 Å². The smallest absolute Gasteiger partial charge is 0.418 e. The van der Waals surface area contributed by atoms with Crippen LogP contribution >= 0.6 is 0 Å². The summed E-state index contributed by atoms with van der Waals surface area (Å²) in [5.41, 5.74) is -2.09. The quantitative estimate of drug-likeness (QED) is 0.183. The average Bonchev–Trinajstić information content (AvgIpc) is 3.02. The van der Waals surface area contributed by atoms with Gasteiger partial charge >= 0.3 is 24.4 Å². The highest BCUT2D eigenvalue weighted by molar-refractivity contribution is 6.02. The molecule has 1 aliphatic rings. The second kappa shape index (κ2) is 14.2. The van der Waals surface area contributed by atoms with Gasteiger partial charge in [-0.25, -0.2) is 9.59 Å². The number of aliphatic hydroxyl groups is 1. The van der Waals surface area contributed by atoms with Gasteiger partial charge in [0, 0.05) is 11.3 Å². The maximum atomic E-state index is 13.7. The Kier molecular flexibility index (Phi) is 10.6. The number of carbonyl (C=O) groups is 3. The van der Waals surface area contributed by atoms with Crippen LogP contribution in [-0.4, -0.2) is 40.8 Å². The molecule has 4 N–H and O–H groups in total. The third-order valence-electron chi connectivity index (χ3n) is 7.72. The standard InChI is InChI=1S/C32H31F6N3O5/c33-31(34,35)23-12-15-25(32(36,37)38)26(16-23)40-30(46)41(24-13-10-21(11-14-24)20-4-2-1-3-5-20)18-19-6-8-22(9-7-19)28(43)39-17-27(42)29(44)45/h6-16,20,27,42H,1-5,17-18H2,(H,39,43)(H,40,46)(H,44,45)/t27-/m1/s1. The number of anilines is 2. The minimum atomic E-state index is -5.06. The van der Waals surface area contributed by atoms with Crippen molar-refractivity contribution in [1.29, 1.82) is 0 Å². The van der Waals surface area contributed by atoms with E-state index in [-0.39, 0.29) is 29.9 Å². The predicted molar refractivity (Wildman–Crippen MR) is 156 cm³/mol. The summed E-state index contributed by atoms with van der Waals surface area (Å²) in [7, 11) is 0. The lowest BCUT2D eigenvalue weighted by Crippen LogP contribution is -2.36. The van der Waals surface area contributed by atoms with Gasteiger partial charge in [-0.2, -0.15) is 26.3 Å². The van der Waals surface area contributed by atoms with Crippen molar-refractivity contribution in [2.24, 2.45) is 0 Å². The van der Waals surface area contributed by atoms with Crippen LogP contribution in [0.5, 0.6) is 0 Å². The second-order valence-corrected chi connectivity index (χ2v) is 11.0. The van der Waals surface area contributed by atoms with Crippen molar-refractivity contribution in [3.8, 4) is 0 Å². The van der Waals surface area contributed by atoms with E-state index < -0.39 is 59.7 Å². The number of carboxylic acids is 1. The molecule has 0 spiro atoms. The van der Waals surface area contributed by atoms with E-state index in [0.29, 0.717) is 17.5 Å². The highest BCUT2D eigenvalue weighted by atomic mass is 19.4. The summed E-state index contributed by atoms with van der Waals surface area (Å²) in [4.78, 5) is 37.7. The van der Waals surface area contributed by atoms with Crippen molar-refractivity contribution in [1.82, 2.24) is 5.32 Å². The minimum Gasteiger partial charge on any atom is -0.479 e. The number of aliphatic carboxylic acids is 1. The SMILES string of the molecule is O=C(NC[C@@H](O)C(=O)O)c1ccc(CN(C(=O)Nc2cc(C(F)(F)F)ccc2C(F)(F)F)c2ccc(C3CCCCC3)cc2)cc1. The molecule has 0 bridgehead atoms. The van der Waals surface area contributed by atoms with Crippen molar-refractivity contribution in [2.45, 2.75) is 63.0 Å². The normalized spacial score (nSPS) is 14.8. The van der Waals surface area contributed by atoms with E-state index in [2.05, 4.69) is 5.32 Å². The number of carboxylic acid groups (broad SMARTS) is 1. The van der Waals surface area contributed by atoms with E-state index in [9.17, 15) is 45.8 Å². The summed E-state index contributed by atoms with van der Waals surface area (Å²) < 4.78 is 81.3. The average molecular weight is 652 g/mol. The molecular weight excluding hydrogens is 620 g/mol. The maximum absolute atomic E-state index is 13.7. The summed E-state index contributed by atoms with van der Waals surface area (Å²) in [6.07, 6.45) is -6.55. The molecule has 1 saturated carbocycles. The first-order chi connectivity index (χ1) is 21.6. The topological polar surface area (TPSA) is 119 Å². The van der Waals surface area contributed by atoms with Gasteiger partial charge < -0.3 is 20.8 Å². The van der Waals surface area contributed by atoms with E-state index in [0.717, 1.165) is 42.6 Å². The summed E-state index contributed by atoms with van der Waals surface area (Å²) >= 11 is 0. The fourth-order valence-electron chi connectivity index (χ4n) is 5.22. The van der Waals surface area contributed by atoms with Crippen molar-refractivity contribution in [3.05, 3.63) is 94.5 Å². The molecule has 0 aliphatic heterocycles. The molecule has 1 aliphatic carbocycles. The van der Waals surface area contributed by atoms with Crippen LogP contribution in [0.4, 0.5) is 42.5 Å². The molecule has 3 aromatic rings. The predicted octanol–water partition coefficient (Wildman–Crippen LogP) is 7.19.